The Labute approximate surface area is 120 Å². The van der Waals surface area contributed by atoms with Gasteiger partial charge in [-0.2, -0.15) is 0 Å². The molecule has 1 amide bonds. The van der Waals surface area contributed by atoms with Crippen LogP contribution >= 0.6 is 0 Å². The van der Waals surface area contributed by atoms with Gasteiger partial charge in [0, 0.05) is 25.9 Å². The highest BCUT2D eigenvalue weighted by Crippen LogP contribution is 2.24. The van der Waals surface area contributed by atoms with Crippen molar-refractivity contribution in [1.29, 1.82) is 0 Å². The van der Waals surface area contributed by atoms with E-state index in [1.165, 1.54) is 0 Å². The van der Waals surface area contributed by atoms with E-state index in [9.17, 15) is 9.59 Å². The molecule has 0 aromatic rings. The second kappa shape index (κ2) is 7.62. The number of hydrogen-bond acceptors (Lipinski definition) is 3. The highest BCUT2D eigenvalue weighted by atomic mass is 16.4. The van der Waals surface area contributed by atoms with E-state index in [-0.39, 0.29) is 6.42 Å². The average Bonchev–Trinajstić information content (AvgIpc) is 2.46. The van der Waals surface area contributed by atoms with Crippen LogP contribution in [0.15, 0.2) is 0 Å². The van der Waals surface area contributed by atoms with Crippen molar-refractivity contribution in [3.05, 3.63) is 0 Å². The molecule has 2 N–H and O–H groups in total. The van der Waals surface area contributed by atoms with Crippen LogP contribution < -0.4 is 5.32 Å². The van der Waals surface area contributed by atoms with Gasteiger partial charge in [0.1, 0.15) is 0 Å². The molecule has 0 unspecified atom stereocenters. The lowest BCUT2D eigenvalue weighted by Gasteiger charge is -2.33. The summed E-state index contributed by atoms with van der Waals surface area (Å²) >= 11 is 0. The number of carboxylic acid groups (broad SMARTS) is 1. The first kappa shape index (κ1) is 15.3. The number of hydrogen-bond donors (Lipinski definition) is 2. The largest absolute Gasteiger partial charge is 0.481 e. The van der Waals surface area contributed by atoms with Crippen molar-refractivity contribution in [2.45, 2.75) is 44.9 Å². The van der Waals surface area contributed by atoms with Crippen LogP contribution in [0.2, 0.25) is 0 Å². The molecule has 114 valence electrons. The van der Waals surface area contributed by atoms with Crippen LogP contribution in [0.3, 0.4) is 0 Å². The van der Waals surface area contributed by atoms with E-state index in [0.29, 0.717) is 24.2 Å². The van der Waals surface area contributed by atoms with Gasteiger partial charge in [0.2, 0.25) is 5.91 Å². The molecule has 5 nitrogen and oxygen atoms in total. The molecule has 0 aromatic heterocycles. The summed E-state index contributed by atoms with van der Waals surface area (Å²) in [5.74, 6) is 0.616. The molecule has 0 radical (unpaired) electrons. The van der Waals surface area contributed by atoms with Crippen LogP contribution in [0.25, 0.3) is 0 Å². The van der Waals surface area contributed by atoms with Gasteiger partial charge in [-0.1, -0.05) is 0 Å². The number of nitrogens with one attached hydrogen (secondary N) is 1. The molecule has 2 aliphatic heterocycles. The number of amides is 1. The number of likely N-dealkylation sites (tertiary alicyclic amines) is 1. The Morgan fingerprint density at radius 3 is 2.30 bits per heavy atom. The summed E-state index contributed by atoms with van der Waals surface area (Å²) in [4.78, 5) is 24.8. The molecule has 2 aliphatic rings. The van der Waals surface area contributed by atoms with Crippen LogP contribution in [0.5, 0.6) is 0 Å². The van der Waals surface area contributed by atoms with Crippen molar-refractivity contribution < 1.29 is 14.7 Å². The summed E-state index contributed by atoms with van der Waals surface area (Å²) in [5.41, 5.74) is 0. The zero-order valence-electron chi connectivity index (χ0n) is 12.1. The fraction of sp³-hybridized carbons (Fsp3) is 0.867. The maximum absolute atomic E-state index is 12.3. The summed E-state index contributed by atoms with van der Waals surface area (Å²) in [7, 11) is 0. The zero-order valence-corrected chi connectivity index (χ0v) is 12.1. The molecule has 0 saturated carbocycles. The average molecular weight is 282 g/mol. The van der Waals surface area contributed by atoms with E-state index in [2.05, 4.69) is 5.32 Å². The van der Waals surface area contributed by atoms with Gasteiger partial charge in [-0.25, -0.2) is 0 Å². The van der Waals surface area contributed by atoms with Crippen LogP contribution in [0.4, 0.5) is 0 Å². The molecule has 0 atom stereocenters. The van der Waals surface area contributed by atoms with Gasteiger partial charge < -0.3 is 15.3 Å². The minimum Gasteiger partial charge on any atom is -0.481 e. The number of carboxylic acids is 1. The standard InChI is InChI=1S/C15H26N2O3/c18-14(11-13-3-7-16-8-4-13)17-9-5-12(6-10-17)1-2-15(19)20/h12-13,16H,1-11H2,(H,19,20). The normalized spacial score (nSPS) is 21.9. The molecule has 0 aliphatic carbocycles. The Morgan fingerprint density at radius 2 is 1.70 bits per heavy atom. The van der Waals surface area contributed by atoms with Gasteiger partial charge >= 0.3 is 5.97 Å². The lowest BCUT2D eigenvalue weighted by atomic mass is 9.90. The fourth-order valence-electron chi connectivity index (χ4n) is 3.26. The Kier molecular flexibility index (Phi) is 5.83. The molecule has 0 aromatic carbocycles. The van der Waals surface area contributed by atoms with Gasteiger partial charge in [0.15, 0.2) is 0 Å². The van der Waals surface area contributed by atoms with Crippen molar-refractivity contribution in [1.82, 2.24) is 10.2 Å². The van der Waals surface area contributed by atoms with E-state index < -0.39 is 5.97 Å². The minimum atomic E-state index is -0.714. The molecule has 2 fully saturated rings. The molecule has 2 heterocycles. The molecular weight excluding hydrogens is 256 g/mol. The minimum absolute atomic E-state index is 0.258. The lowest BCUT2D eigenvalue weighted by molar-refractivity contribution is -0.138. The van der Waals surface area contributed by atoms with Gasteiger partial charge in [0.05, 0.1) is 0 Å². The summed E-state index contributed by atoms with van der Waals surface area (Å²) in [6.45, 7) is 3.70. The van der Waals surface area contributed by atoms with Crippen molar-refractivity contribution >= 4 is 11.9 Å². The molecule has 0 bridgehead atoms. The van der Waals surface area contributed by atoms with Gasteiger partial charge in [-0.3, -0.25) is 9.59 Å². The summed E-state index contributed by atoms with van der Waals surface area (Å²) in [6, 6.07) is 0. The highest BCUT2D eigenvalue weighted by molar-refractivity contribution is 5.76. The van der Waals surface area contributed by atoms with E-state index >= 15 is 0 Å². The maximum Gasteiger partial charge on any atom is 0.303 e. The fourth-order valence-corrected chi connectivity index (χ4v) is 3.26. The first-order valence-corrected chi connectivity index (χ1v) is 7.85. The van der Waals surface area contributed by atoms with E-state index in [1.54, 1.807) is 0 Å². The third-order valence-electron chi connectivity index (χ3n) is 4.66. The Hall–Kier alpha value is -1.10. The molecule has 5 heteroatoms. The lowest BCUT2D eigenvalue weighted by Crippen LogP contribution is -2.40. The predicted molar refractivity (Wildman–Crippen MR) is 76.4 cm³/mol. The Morgan fingerprint density at radius 1 is 1.05 bits per heavy atom. The van der Waals surface area contributed by atoms with Crippen molar-refractivity contribution in [3.8, 4) is 0 Å². The summed E-state index contributed by atoms with van der Waals surface area (Å²) in [5, 5.41) is 12.0. The smallest absolute Gasteiger partial charge is 0.303 e. The first-order chi connectivity index (χ1) is 9.65. The Balaban J connectivity index is 1.67. The van der Waals surface area contributed by atoms with Crippen LogP contribution in [0, 0.1) is 11.8 Å². The van der Waals surface area contributed by atoms with Crippen LogP contribution in [-0.4, -0.2) is 48.1 Å². The first-order valence-electron chi connectivity index (χ1n) is 7.85. The monoisotopic (exact) mass is 282 g/mol. The van der Waals surface area contributed by atoms with Crippen molar-refractivity contribution in [2.24, 2.45) is 11.8 Å². The topological polar surface area (TPSA) is 69.6 Å². The molecular formula is C15H26N2O3. The van der Waals surface area contributed by atoms with Crippen molar-refractivity contribution in [2.75, 3.05) is 26.2 Å². The third-order valence-corrected chi connectivity index (χ3v) is 4.66. The van der Waals surface area contributed by atoms with Gasteiger partial charge in [0.25, 0.3) is 0 Å². The number of carbonyl (C=O) groups is 2. The van der Waals surface area contributed by atoms with Crippen LogP contribution in [0.1, 0.15) is 44.9 Å². The second-order valence-corrected chi connectivity index (χ2v) is 6.15. The number of carbonyl (C=O) groups excluding carboxylic acids is 1. The van der Waals surface area contributed by atoms with Gasteiger partial charge in [-0.15, -0.1) is 0 Å². The third kappa shape index (κ3) is 4.78. The second-order valence-electron chi connectivity index (χ2n) is 6.15. The Bertz CT molecular complexity index is 332. The SMILES string of the molecule is O=C(O)CCC1CCN(C(=O)CC2CCNCC2)CC1. The number of aliphatic carboxylic acids is 1. The van der Waals surface area contributed by atoms with E-state index in [1.807, 2.05) is 4.90 Å². The van der Waals surface area contributed by atoms with Gasteiger partial charge in [-0.05, 0) is 57.0 Å². The summed E-state index contributed by atoms with van der Waals surface area (Å²) < 4.78 is 0. The van der Waals surface area contributed by atoms with Crippen LogP contribution in [-0.2, 0) is 9.59 Å². The van der Waals surface area contributed by atoms with E-state index in [0.717, 1.165) is 58.3 Å². The summed E-state index contributed by atoms with van der Waals surface area (Å²) in [6.07, 6.45) is 5.86. The molecule has 2 rings (SSSR count). The predicted octanol–water partition coefficient (Wildman–Crippen LogP) is 1.48. The van der Waals surface area contributed by atoms with Crippen molar-refractivity contribution in [3.63, 3.8) is 0 Å². The number of nitrogens with zero attached hydrogens (tertiary/aromatic N) is 1. The quantitative estimate of drug-likeness (QED) is 0.801. The van der Waals surface area contributed by atoms with E-state index in [4.69, 9.17) is 5.11 Å². The molecule has 0 spiro atoms. The molecule has 20 heavy (non-hydrogen) atoms. The highest BCUT2D eigenvalue weighted by Gasteiger charge is 2.25. The molecule has 2 saturated heterocycles. The number of piperidine rings is 2. The number of rotatable bonds is 5. The maximum atomic E-state index is 12.3. The zero-order chi connectivity index (χ0) is 14.4.